The van der Waals surface area contributed by atoms with Gasteiger partial charge in [-0.15, -0.1) is 0 Å². The first-order valence-electron chi connectivity index (χ1n) is 7.60. The topological polar surface area (TPSA) is 70.4 Å². The molecule has 0 radical (unpaired) electrons. The summed E-state index contributed by atoms with van der Waals surface area (Å²) in [6.07, 6.45) is 3.58. The van der Waals surface area contributed by atoms with Crippen molar-refractivity contribution in [2.75, 3.05) is 6.54 Å². The lowest BCUT2D eigenvalue weighted by Crippen LogP contribution is -2.46. The van der Waals surface area contributed by atoms with Crippen molar-refractivity contribution in [2.24, 2.45) is 7.05 Å². The molecule has 0 aliphatic carbocycles. The standard InChI is InChI=1S/C17H24N4O2/c1-17(2,23)13-21(12-14-7-5-4-6-8-14)16(22)18-9-15-10-19-20(3)11-15/h4-8,10-11,23H,9,12-13H2,1-3H3,(H,18,22). The van der Waals surface area contributed by atoms with Crippen LogP contribution in [0.3, 0.4) is 0 Å². The fourth-order valence-corrected chi connectivity index (χ4v) is 2.32. The lowest BCUT2D eigenvalue weighted by atomic mass is 10.1. The number of benzene rings is 1. The summed E-state index contributed by atoms with van der Waals surface area (Å²) < 4.78 is 1.69. The van der Waals surface area contributed by atoms with Crippen LogP contribution in [-0.4, -0.2) is 38.0 Å². The van der Waals surface area contributed by atoms with E-state index in [0.717, 1.165) is 11.1 Å². The molecule has 0 atom stereocenters. The molecule has 0 fully saturated rings. The largest absolute Gasteiger partial charge is 0.389 e. The average molecular weight is 316 g/mol. The SMILES string of the molecule is Cn1cc(CNC(=O)N(Cc2ccccc2)CC(C)(C)O)cn1. The van der Waals surface area contributed by atoms with Gasteiger partial charge in [-0.05, 0) is 19.4 Å². The number of hydrogen-bond acceptors (Lipinski definition) is 3. The predicted octanol–water partition coefficient (Wildman–Crippen LogP) is 1.90. The molecule has 2 N–H and O–H groups in total. The van der Waals surface area contributed by atoms with Crippen molar-refractivity contribution in [1.82, 2.24) is 20.0 Å². The molecule has 0 saturated heterocycles. The number of aryl methyl sites for hydroxylation is 1. The Hall–Kier alpha value is -2.34. The molecule has 0 spiro atoms. The van der Waals surface area contributed by atoms with Gasteiger partial charge in [-0.1, -0.05) is 30.3 Å². The second kappa shape index (κ2) is 7.28. The van der Waals surface area contributed by atoms with Gasteiger partial charge in [-0.25, -0.2) is 4.79 Å². The number of aromatic nitrogens is 2. The molecule has 0 saturated carbocycles. The summed E-state index contributed by atoms with van der Waals surface area (Å²) in [6, 6.07) is 9.53. The molecule has 1 heterocycles. The van der Waals surface area contributed by atoms with Crippen LogP contribution in [0.4, 0.5) is 4.79 Å². The molecule has 6 nitrogen and oxygen atoms in total. The summed E-state index contributed by atoms with van der Waals surface area (Å²) in [5, 5.41) is 17.0. The second-order valence-electron chi connectivity index (χ2n) is 6.34. The number of aliphatic hydroxyl groups is 1. The zero-order valence-corrected chi connectivity index (χ0v) is 13.9. The highest BCUT2D eigenvalue weighted by Crippen LogP contribution is 2.11. The minimum absolute atomic E-state index is 0.208. The molecule has 23 heavy (non-hydrogen) atoms. The van der Waals surface area contributed by atoms with Gasteiger partial charge >= 0.3 is 6.03 Å². The molecule has 124 valence electrons. The van der Waals surface area contributed by atoms with Crippen LogP contribution in [0, 0.1) is 0 Å². The highest BCUT2D eigenvalue weighted by atomic mass is 16.3. The van der Waals surface area contributed by atoms with Crippen molar-refractivity contribution in [3.8, 4) is 0 Å². The number of carbonyl (C=O) groups is 1. The quantitative estimate of drug-likeness (QED) is 0.855. The number of carbonyl (C=O) groups excluding carboxylic acids is 1. The molecular weight excluding hydrogens is 292 g/mol. The van der Waals surface area contributed by atoms with Crippen molar-refractivity contribution in [1.29, 1.82) is 0 Å². The maximum Gasteiger partial charge on any atom is 0.318 e. The summed E-state index contributed by atoms with van der Waals surface area (Å²) >= 11 is 0. The fraction of sp³-hybridized carbons (Fsp3) is 0.412. The third kappa shape index (κ3) is 5.75. The Morgan fingerprint density at radius 2 is 2.00 bits per heavy atom. The summed E-state index contributed by atoms with van der Waals surface area (Å²) in [6.45, 7) is 4.49. The van der Waals surface area contributed by atoms with Crippen molar-refractivity contribution in [3.05, 3.63) is 53.9 Å². The van der Waals surface area contributed by atoms with Crippen LogP contribution in [0.15, 0.2) is 42.7 Å². The van der Waals surface area contributed by atoms with E-state index in [1.165, 1.54) is 0 Å². The van der Waals surface area contributed by atoms with Crippen LogP contribution in [0.2, 0.25) is 0 Å². The van der Waals surface area contributed by atoms with Crippen LogP contribution in [0.1, 0.15) is 25.0 Å². The highest BCUT2D eigenvalue weighted by Gasteiger charge is 2.22. The predicted molar refractivity (Wildman–Crippen MR) is 88.6 cm³/mol. The number of urea groups is 1. The van der Waals surface area contributed by atoms with Gasteiger partial charge in [-0.3, -0.25) is 4.68 Å². The van der Waals surface area contributed by atoms with E-state index in [1.807, 2.05) is 43.6 Å². The maximum atomic E-state index is 12.5. The molecule has 2 rings (SSSR count). The summed E-state index contributed by atoms with van der Waals surface area (Å²) in [5.41, 5.74) is 0.998. The lowest BCUT2D eigenvalue weighted by molar-refractivity contribution is 0.0446. The molecule has 0 bridgehead atoms. The van der Waals surface area contributed by atoms with Gasteiger partial charge in [-0.2, -0.15) is 5.10 Å². The van der Waals surface area contributed by atoms with Crippen molar-refractivity contribution >= 4 is 6.03 Å². The summed E-state index contributed by atoms with van der Waals surface area (Å²) in [4.78, 5) is 14.1. The zero-order chi connectivity index (χ0) is 16.9. The summed E-state index contributed by atoms with van der Waals surface area (Å²) in [5.74, 6) is 0. The van der Waals surface area contributed by atoms with E-state index in [2.05, 4.69) is 10.4 Å². The molecular formula is C17H24N4O2. The van der Waals surface area contributed by atoms with E-state index < -0.39 is 5.60 Å². The molecule has 0 aliphatic heterocycles. The molecule has 6 heteroatoms. The van der Waals surface area contributed by atoms with Crippen LogP contribution in [-0.2, 0) is 20.1 Å². The molecule has 2 aromatic rings. The van der Waals surface area contributed by atoms with Crippen molar-refractivity contribution < 1.29 is 9.90 Å². The van der Waals surface area contributed by atoms with Gasteiger partial charge in [0, 0.05) is 31.9 Å². The maximum absolute atomic E-state index is 12.5. The number of rotatable bonds is 6. The normalized spacial score (nSPS) is 11.3. The summed E-state index contributed by atoms with van der Waals surface area (Å²) in [7, 11) is 1.83. The van der Waals surface area contributed by atoms with Crippen molar-refractivity contribution in [2.45, 2.75) is 32.5 Å². The third-order valence-corrected chi connectivity index (χ3v) is 3.28. The van der Waals surface area contributed by atoms with Crippen LogP contribution >= 0.6 is 0 Å². The minimum atomic E-state index is -0.958. The van der Waals surface area contributed by atoms with Gasteiger partial charge in [0.2, 0.25) is 0 Å². The first kappa shape index (κ1) is 17.0. The molecule has 1 aromatic carbocycles. The minimum Gasteiger partial charge on any atom is -0.389 e. The van der Waals surface area contributed by atoms with Gasteiger partial charge in [0.05, 0.1) is 18.3 Å². The Balaban J connectivity index is 2.01. The Morgan fingerprint density at radius 1 is 1.30 bits per heavy atom. The van der Waals surface area contributed by atoms with Crippen LogP contribution in [0.5, 0.6) is 0 Å². The van der Waals surface area contributed by atoms with E-state index in [1.54, 1.807) is 29.6 Å². The van der Waals surface area contributed by atoms with Gasteiger partial charge in [0.15, 0.2) is 0 Å². The lowest BCUT2D eigenvalue weighted by Gasteiger charge is -2.29. The second-order valence-corrected chi connectivity index (χ2v) is 6.34. The smallest absolute Gasteiger partial charge is 0.318 e. The number of amides is 2. The number of hydrogen-bond donors (Lipinski definition) is 2. The molecule has 2 amide bonds. The van der Waals surface area contributed by atoms with E-state index in [4.69, 9.17) is 0 Å². The van der Waals surface area contributed by atoms with Crippen LogP contribution in [0.25, 0.3) is 0 Å². The zero-order valence-electron chi connectivity index (χ0n) is 13.9. The van der Waals surface area contributed by atoms with E-state index in [9.17, 15) is 9.90 Å². The first-order chi connectivity index (χ1) is 10.8. The molecule has 0 unspecified atom stereocenters. The van der Waals surface area contributed by atoms with Crippen molar-refractivity contribution in [3.63, 3.8) is 0 Å². The number of nitrogens with zero attached hydrogens (tertiary/aromatic N) is 3. The van der Waals surface area contributed by atoms with Gasteiger partial charge in [0.25, 0.3) is 0 Å². The average Bonchev–Trinajstić information content (AvgIpc) is 2.89. The molecule has 0 aliphatic rings. The molecule has 1 aromatic heterocycles. The first-order valence-corrected chi connectivity index (χ1v) is 7.60. The van der Waals surface area contributed by atoms with Gasteiger partial charge in [0.1, 0.15) is 0 Å². The Kier molecular flexibility index (Phi) is 5.39. The van der Waals surface area contributed by atoms with Crippen LogP contribution < -0.4 is 5.32 Å². The Labute approximate surface area is 136 Å². The van der Waals surface area contributed by atoms with E-state index in [-0.39, 0.29) is 12.6 Å². The van der Waals surface area contributed by atoms with E-state index in [0.29, 0.717) is 13.1 Å². The number of nitrogens with one attached hydrogen (secondary N) is 1. The fourth-order valence-electron chi connectivity index (χ4n) is 2.32. The van der Waals surface area contributed by atoms with Gasteiger partial charge < -0.3 is 15.3 Å². The Morgan fingerprint density at radius 3 is 2.57 bits per heavy atom. The van der Waals surface area contributed by atoms with E-state index >= 15 is 0 Å². The Bertz CT molecular complexity index is 632. The highest BCUT2D eigenvalue weighted by molar-refractivity contribution is 5.74. The third-order valence-electron chi connectivity index (χ3n) is 3.28. The monoisotopic (exact) mass is 316 g/mol.